The number of para-hydroxylation sites is 1. The highest BCUT2D eigenvalue weighted by molar-refractivity contribution is 5.82. The molecule has 0 unspecified atom stereocenters. The maximum atomic E-state index is 12.7. The lowest BCUT2D eigenvalue weighted by Crippen LogP contribution is -2.07. The lowest BCUT2D eigenvalue weighted by atomic mass is 10.2. The maximum Gasteiger partial charge on any atom is 0.419 e. The monoisotopic (exact) mass is 284 g/mol. The number of alkyl halides is 3. The first-order chi connectivity index (χ1) is 9.38. The van der Waals surface area contributed by atoms with Gasteiger partial charge in [-0.2, -0.15) is 13.2 Å². The SMILES string of the molecule is O=C(O)c1ncc(Oc2ccccc2C(F)(F)F)cn1. The van der Waals surface area contributed by atoms with Crippen molar-refractivity contribution in [2.24, 2.45) is 0 Å². The average molecular weight is 284 g/mol. The molecule has 1 aromatic carbocycles. The van der Waals surface area contributed by atoms with Gasteiger partial charge in [0.25, 0.3) is 0 Å². The van der Waals surface area contributed by atoms with E-state index in [1.54, 1.807) is 0 Å². The molecular weight excluding hydrogens is 277 g/mol. The largest absolute Gasteiger partial charge is 0.475 e. The highest BCUT2D eigenvalue weighted by atomic mass is 19.4. The lowest BCUT2D eigenvalue weighted by molar-refractivity contribution is -0.138. The van der Waals surface area contributed by atoms with E-state index in [1.807, 2.05) is 0 Å². The summed E-state index contributed by atoms with van der Waals surface area (Å²) in [5, 5.41) is 8.60. The van der Waals surface area contributed by atoms with Crippen LogP contribution in [0, 0.1) is 0 Å². The van der Waals surface area contributed by atoms with E-state index in [-0.39, 0.29) is 5.75 Å². The molecule has 0 atom stereocenters. The van der Waals surface area contributed by atoms with Gasteiger partial charge in [-0.3, -0.25) is 0 Å². The summed E-state index contributed by atoms with van der Waals surface area (Å²) in [6.07, 6.45) is -2.58. The number of hydrogen-bond acceptors (Lipinski definition) is 4. The van der Waals surface area contributed by atoms with E-state index < -0.39 is 29.3 Å². The molecule has 0 aliphatic rings. The normalized spacial score (nSPS) is 11.2. The number of carbonyl (C=O) groups is 1. The van der Waals surface area contributed by atoms with Crippen LogP contribution in [0.3, 0.4) is 0 Å². The summed E-state index contributed by atoms with van der Waals surface area (Å²) in [5.41, 5.74) is -0.942. The molecule has 0 aliphatic heterocycles. The van der Waals surface area contributed by atoms with Gasteiger partial charge in [-0.15, -0.1) is 0 Å². The first-order valence-electron chi connectivity index (χ1n) is 5.27. The average Bonchev–Trinajstić information content (AvgIpc) is 2.38. The molecule has 2 rings (SSSR count). The number of benzene rings is 1. The van der Waals surface area contributed by atoms with Crippen LogP contribution in [0.15, 0.2) is 36.7 Å². The molecule has 0 radical (unpaired) electrons. The highest BCUT2D eigenvalue weighted by Crippen LogP contribution is 2.37. The summed E-state index contributed by atoms with van der Waals surface area (Å²) in [7, 11) is 0. The van der Waals surface area contributed by atoms with Gasteiger partial charge in [-0.05, 0) is 12.1 Å². The van der Waals surface area contributed by atoms with Crippen LogP contribution in [0.25, 0.3) is 0 Å². The number of carboxylic acids is 1. The van der Waals surface area contributed by atoms with E-state index >= 15 is 0 Å². The summed E-state index contributed by atoms with van der Waals surface area (Å²) in [6.45, 7) is 0. The molecule has 0 aliphatic carbocycles. The lowest BCUT2D eigenvalue weighted by Gasteiger charge is -2.12. The maximum absolute atomic E-state index is 12.7. The van der Waals surface area contributed by atoms with E-state index in [0.29, 0.717) is 0 Å². The minimum absolute atomic E-state index is 0.0910. The third kappa shape index (κ3) is 3.02. The van der Waals surface area contributed by atoms with Crippen LogP contribution in [0.1, 0.15) is 16.2 Å². The third-order valence-corrected chi connectivity index (χ3v) is 2.24. The Morgan fingerprint density at radius 2 is 1.75 bits per heavy atom. The van der Waals surface area contributed by atoms with Crippen molar-refractivity contribution in [3.8, 4) is 11.5 Å². The number of aromatic nitrogens is 2. The van der Waals surface area contributed by atoms with Gasteiger partial charge in [0.1, 0.15) is 5.75 Å². The molecule has 2 aromatic rings. The Balaban J connectivity index is 2.28. The van der Waals surface area contributed by atoms with Gasteiger partial charge in [-0.25, -0.2) is 14.8 Å². The summed E-state index contributed by atoms with van der Waals surface area (Å²) >= 11 is 0. The molecule has 20 heavy (non-hydrogen) atoms. The van der Waals surface area contributed by atoms with Crippen LogP contribution in [-0.2, 0) is 6.18 Å². The van der Waals surface area contributed by atoms with Gasteiger partial charge < -0.3 is 9.84 Å². The Morgan fingerprint density at radius 3 is 2.30 bits per heavy atom. The molecule has 104 valence electrons. The van der Waals surface area contributed by atoms with E-state index in [1.165, 1.54) is 12.1 Å². The highest BCUT2D eigenvalue weighted by Gasteiger charge is 2.34. The standard InChI is InChI=1S/C12H7F3N2O3/c13-12(14,15)8-3-1-2-4-9(8)20-7-5-16-10(11(18)19)17-6-7/h1-6H,(H,18,19). The van der Waals surface area contributed by atoms with E-state index in [0.717, 1.165) is 24.5 Å². The van der Waals surface area contributed by atoms with Crippen molar-refractivity contribution < 1.29 is 27.8 Å². The third-order valence-electron chi connectivity index (χ3n) is 2.24. The van der Waals surface area contributed by atoms with Crippen molar-refractivity contribution in [1.29, 1.82) is 0 Å². The van der Waals surface area contributed by atoms with Gasteiger partial charge in [-0.1, -0.05) is 12.1 Å². The van der Waals surface area contributed by atoms with Crippen molar-refractivity contribution in [2.45, 2.75) is 6.18 Å². The Labute approximate surface area is 110 Å². The Hall–Kier alpha value is -2.64. The molecule has 0 bridgehead atoms. The topological polar surface area (TPSA) is 72.3 Å². The number of nitrogens with zero attached hydrogens (tertiary/aromatic N) is 2. The van der Waals surface area contributed by atoms with Crippen LogP contribution in [-0.4, -0.2) is 21.0 Å². The molecule has 0 fully saturated rings. The van der Waals surface area contributed by atoms with Crippen molar-refractivity contribution in [3.63, 3.8) is 0 Å². The molecule has 8 heteroatoms. The van der Waals surface area contributed by atoms with Crippen LogP contribution in [0.4, 0.5) is 13.2 Å². The number of carboxylic acid groups (broad SMARTS) is 1. The Morgan fingerprint density at radius 1 is 1.15 bits per heavy atom. The van der Waals surface area contributed by atoms with Gasteiger partial charge in [0.2, 0.25) is 5.82 Å². The first-order valence-corrected chi connectivity index (χ1v) is 5.27. The van der Waals surface area contributed by atoms with Crippen LogP contribution < -0.4 is 4.74 Å². The second kappa shape index (κ2) is 5.16. The van der Waals surface area contributed by atoms with Gasteiger partial charge >= 0.3 is 12.1 Å². The molecule has 1 heterocycles. The summed E-state index contributed by atoms with van der Waals surface area (Å²) in [6, 6.07) is 4.65. The summed E-state index contributed by atoms with van der Waals surface area (Å²) in [4.78, 5) is 17.4. The molecule has 0 amide bonds. The van der Waals surface area contributed by atoms with Crippen LogP contribution >= 0.6 is 0 Å². The molecular formula is C12H7F3N2O3. The van der Waals surface area contributed by atoms with E-state index in [9.17, 15) is 18.0 Å². The van der Waals surface area contributed by atoms with Gasteiger partial charge in [0.15, 0.2) is 5.75 Å². The van der Waals surface area contributed by atoms with E-state index in [2.05, 4.69) is 9.97 Å². The second-order valence-corrected chi connectivity index (χ2v) is 3.64. The molecule has 1 aromatic heterocycles. The zero-order chi connectivity index (χ0) is 14.8. The van der Waals surface area contributed by atoms with Crippen LogP contribution in [0.5, 0.6) is 11.5 Å². The first kappa shape index (κ1) is 13.8. The number of aromatic carboxylic acids is 1. The molecule has 0 saturated heterocycles. The predicted molar refractivity (Wildman–Crippen MR) is 60.5 cm³/mol. The Bertz CT molecular complexity index is 627. The zero-order valence-corrected chi connectivity index (χ0v) is 9.76. The predicted octanol–water partition coefficient (Wildman–Crippen LogP) is 2.99. The van der Waals surface area contributed by atoms with Crippen molar-refractivity contribution >= 4 is 5.97 Å². The molecule has 5 nitrogen and oxygen atoms in total. The quantitative estimate of drug-likeness (QED) is 0.938. The zero-order valence-electron chi connectivity index (χ0n) is 9.76. The Kier molecular flexibility index (Phi) is 3.55. The van der Waals surface area contributed by atoms with Crippen LogP contribution in [0.2, 0.25) is 0 Å². The van der Waals surface area contributed by atoms with E-state index in [4.69, 9.17) is 9.84 Å². The minimum atomic E-state index is -4.56. The minimum Gasteiger partial charge on any atom is -0.475 e. The molecule has 1 N–H and O–H groups in total. The van der Waals surface area contributed by atoms with Gasteiger partial charge in [0, 0.05) is 0 Å². The fourth-order valence-corrected chi connectivity index (χ4v) is 1.40. The fourth-order valence-electron chi connectivity index (χ4n) is 1.40. The number of hydrogen-bond donors (Lipinski definition) is 1. The summed E-state index contributed by atoms with van der Waals surface area (Å²) < 4.78 is 43.2. The fraction of sp³-hybridized carbons (Fsp3) is 0.0833. The molecule has 0 spiro atoms. The van der Waals surface area contributed by atoms with Crippen molar-refractivity contribution in [2.75, 3.05) is 0 Å². The van der Waals surface area contributed by atoms with Crippen molar-refractivity contribution in [3.05, 3.63) is 48.0 Å². The van der Waals surface area contributed by atoms with Crippen molar-refractivity contribution in [1.82, 2.24) is 9.97 Å². The number of ether oxygens (including phenoxy) is 1. The summed E-state index contributed by atoms with van der Waals surface area (Å²) in [5.74, 6) is -2.31. The number of halogens is 3. The van der Waals surface area contributed by atoms with Gasteiger partial charge in [0.05, 0.1) is 18.0 Å². The second-order valence-electron chi connectivity index (χ2n) is 3.64. The number of rotatable bonds is 3. The smallest absolute Gasteiger partial charge is 0.419 e. The molecule has 0 saturated carbocycles.